The van der Waals surface area contributed by atoms with E-state index in [2.05, 4.69) is 15.2 Å². The first-order valence-electron chi connectivity index (χ1n) is 7.32. The van der Waals surface area contributed by atoms with Gasteiger partial charge in [0.05, 0.1) is 5.69 Å². The quantitative estimate of drug-likeness (QED) is 0.929. The number of hydrogen-bond donors (Lipinski definition) is 1. The lowest BCUT2D eigenvalue weighted by atomic mass is 9.93. The lowest BCUT2D eigenvalue weighted by molar-refractivity contribution is -0.164. The zero-order chi connectivity index (χ0) is 16.2. The van der Waals surface area contributed by atoms with Crippen LogP contribution in [0.5, 0.6) is 0 Å². The molecule has 0 spiro atoms. The molecule has 0 saturated carbocycles. The van der Waals surface area contributed by atoms with Gasteiger partial charge in [-0.3, -0.25) is 9.78 Å². The summed E-state index contributed by atoms with van der Waals surface area (Å²) < 4.78 is 39.4. The largest absolute Gasteiger partial charge is 0.414 e. The third-order valence-corrected chi connectivity index (χ3v) is 3.93. The van der Waals surface area contributed by atoms with Gasteiger partial charge < -0.3 is 10.2 Å². The number of rotatable bonds is 4. The Labute approximate surface area is 127 Å². The van der Waals surface area contributed by atoms with E-state index in [0.717, 1.165) is 25.9 Å². The molecule has 1 amide bonds. The van der Waals surface area contributed by atoms with E-state index in [0.29, 0.717) is 0 Å². The molecule has 1 fully saturated rings. The van der Waals surface area contributed by atoms with E-state index >= 15 is 0 Å². The number of amides is 1. The minimum atomic E-state index is -4.56. The average Bonchev–Trinajstić information content (AvgIpc) is 2.47. The number of halogens is 3. The Morgan fingerprint density at radius 2 is 2.09 bits per heavy atom. The minimum Gasteiger partial charge on any atom is -0.340 e. The van der Waals surface area contributed by atoms with Crippen LogP contribution in [-0.4, -0.2) is 42.1 Å². The predicted octanol–water partition coefficient (Wildman–Crippen LogP) is 2.53. The van der Waals surface area contributed by atoms with Crippen molar-refractivity contribution in [2.45, 2.75) is 31.5 Å². The lowest BCUT2D eigenvalue weighted by Crippen LogP contribution is -2.40. The molecule has 2 rings (SSSR count). The van der Waals surface area contributed by atoms with Crippen LogP contribution in [0.3, 0.4) is 0 Å². The van der Waals surface area contributed by atoms with Crippen molar-refractivity contribution in [3.63, 3.8) is 0 Å². The molecule has 0 bridgehead atoms. The Hall–Kier alpha value is -1.63. The molecule has 0 aromatic carbocycles. The van der Waals surface area contributed by atoms with Crippen molar-refractivity contribution in [3.8, 4) is 0 Å². The zero-order valence-corrected chi connectivity index (χ0v) is 12.4. The van der Waals surface area contributed by atoms with Crippen LogP contribution in [0.25, 0.3) is 0 Å². The molecule has 1 atom stereocenters. The summed E-state index contributed by atoms with van der Waals surface area (Å²) >= 11 is 0. The Morgan fingerprint density at radius 3 is 2.64 bits per heavy atom. The molecule has 2 heterocycles. The Kier molecular flexibility index (Phi) is 5.39. The van der Waals surface area contributed by atoms with Crippen LogP contribution in [0.2, 0.25) is 0 Å². The molecular weight excluding hydrogens is 295 g/mol. The van der Waals surface area contributed by atoms with Crippen LogP contribution >= 0.6 is 0 Å². The summed E-state index contributed by atoms with van der Waals surface area (Å²) in [5, 5.41) is 2.09. The normalized spacial score (nSPS) is 18.9. The second-order valence-corrected chi connectivity index (χ2v) is 5.75. The molecule has 1 N–H and O–H groups in total. The van der Waals surface area contributed by atoms with Crippen molar-refractivity contribution >= 4 is 5.91 Å². The summed E-state index contributed by atoms with van der Waals surface area (Å²) in [4.78, 5) is 17.8. The van der Waals surface area contributed by atoms with Gasteiger partial charge in [-0.2, -0.15) is 13.2 Å². The van der Waals surface area contributed by atoms with E-state index in [1.54, 1.807) is 0 Å². The van der Waals surface area contributed by atoms with Crippen LogP contribution in [0.1, 0.15) is 31.0 Å². The number of carbonyl (C=O) groups excluding carboxylic acids is 1. The zero-order valence-electron chi connectivity index (χ0n) is 12.4. The van der Waals surface area contributed by atoms with E-state index in [1.165, 1.54) is 24.4 Å². The van der Waals surface area contributed by atoms with Gasteiger partial charge in [0, 0.05) is 12.6 Å². The topological polar surface area (TPSA) is 45.2 Å². The first kappa shape index (κ1) is 16.7. The van der Waals surface area contributed by atoms with Crippen LogP contribution in [0, 0.1) is 5.92 Å². The Bertz CT molecular complexity index is 485. The number of likely N-dealkylation sites (tertiary alicyclic amines) is 1. The number of nitrogens with one attached hydrogen (secondary N) is 1. The number of alkyl halides is 3. The van der Waals surface area contributed by atoms with Crippen LogP contribution in [-0.2, 0) is 4.79 Å². The van der Waals surface area contributed by atoms with Gasteiger partial charge >= 0.3 is 6.18 Å². The van der Waals surface area contributed by atoms with Gasteiger partial charge in [-0.1, -0.05) is 6.07 Å². The lowest BCUT2D eigenvalue weighted by Gasteiger charge is -2.29. The second kappa shape index (κ2) is 7.09. The van der Waals surface area contributed by atoms with E-state index < -0.39 is 18.1 Å². The van der Waals surface area contributed by atoms with E-state index in [1.807, 2.05) is 7.05 Å². The molecule has 0 unspecified atom stereocenters. The second-order valence-electron chi connectivity index (χ2n) is 5.75. The molecular formula is C15H20F3N3O. The molecule has 4 nitrogen and oxygen atoms in total. The van der Waals surface area contributed by atoms with Gasteiger partial charge in [-0.25, -0.2) is 0 Å². The van der Waals surface area contributed by atoms with Crippen molar-refractivity contribution < 1.29 is 18.0 Å². The fourth-order valence-electron chi connectivity index (χ4n) is 2.62. The highest BCUT2D eigenvalue weighted by molar-refractivity contribution is 5.76. The molecule has 1 aliphatic rings. The maximum atomic E-state index is 13.1. The number of carbonyl (C=O) groups is 1. The highest BCUT2D eigenvalue weighted by atomic mass is 19.4. The van der Waals surface area contributed by atoms with Crippen molar-refractivity contribution in [1.29, 1.82) is 0 Å². The van der Waals surface area contributed by atoms with Gasteiger partial charge in [0.15, 0.2) is 6.04 Å². The highest BCUT2D eigenvalue weighted by Crippen LogP contribution is 2.32. The molecule has 0 aliphatic carbocycles. The molecule has 1 aliphatic heterocycles. The molecule has 1 aromatic rings. The summed E-state index contributed by atoms with van der Waals surface area (Å²) in [6, 6.07) is 2.24. The fourth-order valence-corrected chi connectivity index (χ4v) is 2.62. The van der Waals surface area contributed by atoms with E-state index in [4.69, 9.17) is 0 Å². The highest BCUT2D eigenvalue weighted by Gasteiger charge is 2.42. The number of nitrogens with zero attached hydrogens (tertiary/aromatic N) is 2. The third-order valence-electron chi connectivity index (χ3n) is 3.93. The number of piperidine rings is 1. The Morgan fingerprint density at radius 1 is 1.41 bits per heavy atom. The van der Waals surface area contributed by atoms with Crippen molar-refractivity contribution in [3.05, 3.63) is 30.1 Å². The third kappa shape index (κ3) is 4.69. The van der Waals surface area contributed by atoms with E-state index in [9.17, 15) is 18.0 Å². The van der Waals surface area contributed by atoms with Gasteiger partial charge in [-0.05, 0) is 51.0 Å². The van der Waals surface area contributed by atoms with Gasteiger partial charge in [0.2, 0.25) is 5.91 Å². The summed E-state index contributed by atoms with van der Waals surface area (Å²) in [6.07, 6.45) is -1.46. The first-order chi connectivity index (χ1) is 10.4. The monoisotopic (exact) mass is 315 g/mol. The van der Waals surface area contributed by atoms with Crippen molar-refractivity contribution in [2.24, 2.45) is 5.92 Å². The number of aromatic nitrogens is 1. The maximum absolute atomic E-state index is 13.1. The fraction of sp³-hybridized carbons (Fsp3) is 0.600. The molecule has 122 valence electrons. The predicted molar refractivity (Wildman–Crippen MR) is 76.0 cm³/mol. The number of pyridine rings is 1. The SMILES string of the molecule is CN1CCC(CC(=O)N[C@@H](c2ccccn2)C(F)(F)F)CC1. The molecule has 7 heteroatoms. The molecule has 0 radical (unpaired) electrons. The molecule has 1 saturated heterocycles. The summed E-state index contributed by atoms with van der Waals surface area (Å²) in [5.41, 5.74) is -0.188. The van der Waals surface area contributed by atoms with Gasteiger partial charge in [0.25, 0.3) is 0 Å². The van der Waals surface area contributed by atoms with Gasteiger partial charge in [-0.15, -0.1) is 0 Å². The van der Waals surface area contributed by atoms with Gasteiger partial charge in [0.1, 0.15) is 0 Å². The van der Waals surface area contributed by atoms with Crippen molar-refractivity contribution in [1.82, 2.24) is 15.2 Å². The first-order valence-corrected chi connectivity index (χ1v) is 7.32. The summed E-state index contributed by atoms with van der Waals surface area (Å²) in [6.45, 7) is 1.75. The maximum Gasteiger partial charge on any atom is 0.414 e. The van der Waals surface area contributed by atoms with E-state index in [-0.39, 0.29) is 18.0 Å². The summed E-state index contributed by atoms with van der Waals surface area (Å²) in [5.74, 6) is -0.420. The molecule has 1 aromatic heterocycles. The van der Waals surface area contributed by atoms with Crippen LogP contribution < -0.4 is 5.32 Å². The minimum absolute atomic E-state index is 0.132. The average molecular weight is 315 g/mol. The van der Waals surface area contributed by atoms with Crippen molar-refractivity contribution in [2.75, 3.05) is 20.1 Å². The number of hydrogen-bond acceptors (Lipinski definition) is 3. The molecule has 22 heavy (non-hydrogen) atoms. The summed E-state index contributed by atoms with van der Waals surface area (Å²) in [7, 11) is 2.00. The smallest absolute Gasteiger partial charge is 0.340 e. The standard InChI is InChI=1S/C15H20F3N3O/c1-21-8-5-11(6-9-21)10-13(22)20-14(15(16,17)18)12-4-2-3-7-19-12/h2-4,7,11,14H,5-6,8-10H2,1H3,(H,20,22)/t14-/m0/s1. The van der Waals surface area contributed by atoms with Crippen LogP contribution in [0.15, 0.2) is 24.4 Å². The van der Waals surface area contributed by atoms with Crippen LogP contribution in [0.4, 0.5) is 13.2 Å². The Balaban J connectivity index is 1.97.